The number of hydrogen-bond acceptors (Lipinski definition) is 3. The van der Waals surface area contributed by atoms with Crippen LogP contribution in [0.4, 0.5) is 0 Å². The van der Waals surface area contributed by atoms with Crippen LogP contribution in [0, 0.1) is 0 Å². The van der Waals surface area contributed by atoms with E-state index in [0.29, 0.717) is 6.04 Å². The molecule has 98 valence electrons. The summed E-state index contributed by atoms with van der Waals surface area (Å²) in [5.74, 6) is 0.193. The van der Waals surface area contributed by atoms with Gasteiger partial charge in [0.25, 0.3) is 5.91 Å². The number of hydrogen-bond donors (Lipinski definition) is 0. The Balaban J connectivity index is 1.63. The van der Waals surface area contributed by atoms with Crippen LogP contribution in [0.5, 0.6) is 0 Å². The van der Waals surface area contributed by atoms with Crippen LogP contribution in [0.3, 0.4) is 0 Å². The van der Waals surface area contributed by atoms with Crippen LogP contribution in [0.1, 0.15) is 29.6 Å². The van der Waals surface area contributed by atoms with Crippen molar-refractivity contribution in [2.24, 2.45) is 0 Å². The standard InChI is InChI=1S/C13H17BrN2OS/c14-12-7-10(9-18-12)13(17)16-6-3-11(8-16)15-4-1-2-5-15/h7,9,11H,1-6,8H2. The van der Waals surface area contributed by atoms with Crippen molar-refractivity contribution < 1.29 is 4.79 Å². The van der Waals surface area contributed by atoms with Gasteiger partial charge in [-0.05, 0) is 54.3 Å². The molecule has 0 aromatic carbocycles. The quantitative estimate of drug-likeness (QED) is 0.833. The number of rotatable bonds is 2. The second kappa shape index (κ2) is 5.31. The fourth-order valence-corrected chi connectivity index (χ4v) is 4.07. The number of likely N-dealkylation sites (tertiary alicyclic amines) is 2. The third kappa shape index (κ3) is 2.49. The molecule has 1 atom stereocenters. The predicted molar refractivity (Wildman–Crippen MR) is 77.1 cm³/mol. The van der Waals surface area contributed by atoms with E-state index in [4.69, 9.17) is 0 Å². The van der Waals surface area contributed by atoms with Crippen molar-refractivity contribution >= 4 is 33.2 Å². The molecular weight excluding hydrogens is 312 g/mol. The van der Waals surface area contributed by atoms with Crippen LogP contribution in [-0.2, 0) is 0 Å². The van der Waals surface area contributed by atoms with E-state index in [9.17, 15) is 4.79 Å². The smallest absolute Gasteiger partial charge is 0.254 e. The Labute approximate surface area is 120 Å². The molecule has 3 heterocycles. The Morgan fingerprint density at radius 1 is 1.33 bits per heavy atom. The fraction of sp³-hybridized carbons (Fsp3) is 0.615. The van der Waals surface area contributed by atoms with Gasteiger partial charge in [0.15, 0.2) is 0 Å². The number of thiophene rings is 1. The highest BCUT2D eigenvalue weighted by Gasteiger charge is 2.32. The van der Waals surface area contributed by atoms with Crippen LogP contribution >= 0.6 is 27.3 Å². The molecule has 0 aliphatic carbocycles. The van der Waals surface area contributed by atoms with Gasteiger partial charge in [-0.25, -0.2) is 0 Å². The molecule has 1 amide bonds. The van der Waals surface area contributed by atoms with Gasteiger partial charge >= 0.3 is 0 Å². The van der Waals surface area contributed by atoms with Crippen LogP contribution < -0.4 is 0 Å². The van der Waals surface area contributed by atoms with Gasteiger partial charge < -0.3 is 4.90 Å². The fourth-order valence-electron chi connectivity index (χ4n) is 2.94. The van der Waals surface area contributed by atoms with Gasteiger partial charge in [-0.1, -0.05) is 0 Å². The zero-order chi connectivity index (χ0) is 12.5. The first-order chi connectivity index (χ1) is 8.74. The first-order valence-corrected chi connectivity index (χ1v) is 8.18. The van der Waals surface area contributed by atoms with Crippen molar-refractivity contribution in [3.05, 3.63) is 20.8 Å². The molecule has 1 aromatic rings. The molecule has 2 aliphatic rings. The topological polar surface area (TPSA) is 23.6 Å². The maximum atomic E-state index is 12.3. The summed E-state index contributed by atoms with van der Waals surface area (Å²) in [4.78, 5) is 16.9. The van der Waals surface area contributed by atoms with E-state index in [-0.39, 0.29) is 5.91 Å². The summed E-state index contributed by atoms with van der Waals surface area (Å²) >= 11 is 4.99. The lowest BCUT2D eigenvalue weighted by atomic mass is 10.2. The summed E-state index contributed by atoms with van der Waals surface area (Å²) in [6.07, 6.45) is 3.78. The number of halogens is 1. The Morgan fingerprint density at radius 2 is 2.11 bits per heavy atom. The normalized spacial score (nSPS) is 24.9. The lowest BCUT2D eigenvalue weighted by molar-refractivity contribution is 0.0780. The number of nitrogens with zero attached hydrogens (tertiary/aromatic N) is 2. The van der Waals surface area contributed by atoms with Gasteiger partial charge in [0.1, 0.15) is 0 Å². The summed E-state index contributed by atoms with van der Waals surface area (Å²) in [5, 5.41) is 1.94. The highest BCUT2D eigenvalue weighted by atomic mass is 79.9. The molecule has 2 fully saturated rings. The molecule has 3 rings (SSSR count). The Hall–Kier alpha value is -0.390. The van der Waals surface area contributed by atoms with Gasteiger partial charge in [-0.15, -0.1) is 11.3 Å². The van der Waals surface area contributed by atoms with Gasteiger partial charge in [0.2, 0.25) is 0 Å². The zero-order valence-corrected chi connectivity index (χ0v) is 12.7. The van der Waals surface area contributed by atoms with Gasteiger partial charge in [0, 0.05) is 24.5 Å². The Kier molecular flexibility index (Phi) is 3.73. The number of amides is 1. The molecule has 0 radical (unpaired) electrons. The summed E-state index contributed by atoms with van der Waals surface area (Å²) in [6, 6.07) is 2.52. The first-order valence-electron chi connectivity index (χ1n) is 6.51. The predicted octanol–water partition coefficient (Wildman–Crippen LogP) is 2.82. The van der Waals surface area contributed by atoms with Crippen molar-refractivity contribution in [1.82, 2.24) is 9.80 Å². The molecule has 5 heteroatoms. The van der Waals surface area contributed by atoms with Crippen molar-refractivity contribution in [3.63, 3.8) is 0 Å². The highest BCUT2D eigenvalue weighted by molar-refractivity contribution is 9.11. The molecule has 2 saturated heterocycles. The van der Waals surface area contributed by atoms with E-state index in [1.165, 1.54) is 25.9 Å². The summed E-state index contributed by atoms with van der Waals surface area (Å²) in [5.41, 5.74) is 0.828. The van der Waals surface area contributed by atoms with Crippen molar-refractivity contribution in [2.75, 3.05) is 26.2 Å². The SMILES string of the molecule is O=C(c1csc(Br)c1)N1CCC(N2CCCC2)C1. The molecule has 0 N–H and O–H groups in total. The molecular formula is C13H17BrN2OS. The van der Waals surface area contributed by atoms with E-state index < -0.39 is 0 Å². The van der Waals surface area contributed by atoms with Crippen molar-refractivity contribution in [2.45, 2.75) is 25.3 Å². The van der Waals surface area contributed by atoms with Gasteiger partial charge in [0.05, 0.1) is 9.35 Å². The van der Waals surface area contributed by atoms with Gasteiger partial charge in [-0.3, -0.25) is 9.69 Å². The largest absolute Gasteiger partial charge is 0.337 e. The van der Waals surface area contributed by atoms with Crippen LogP contribution in [0.25, 0.3) is 0 Å². The third-order valence-corrected chi connectivity index (χ3v) is 5.43. The Bertz CT molecular complexity index is 442. The zero-order valence-electron chi connectivity index (χ0n) is 10.3. The third-order valence-electron chi connectivity index (χ3n) is 3.92. The molecule has 2 aliphatic heterocycles. The first kappa shape index (κ1) is 12.6. The second-order valence-electron chi connectivity index (χ2n) is 5.08. The Morgan fingerprint density at radius 3 is 2.78 bits per heavy atom. The minimum atomic E-state index is 0.193. The van der Waals surface area contributed by atoms with Gasteiger partial charge in [-0.2, -0.15) is 0 Å². The molecule has 1 aromatic heterocycles. The molecule has 1 unspecified atom stereocenters. The minimum Gasteiger partial charge on any atom is -0.337 e. The maximum absolute atomic E-state index is 12.3. The highest BCUT2D eigenvalue weighted by Crippen LogP contribution is 2.25. The van der Waals surface area contributed by atoms with Crippen LogP contribution in [0.2, 0.25) is 0 Å². The molecule has 0 bridgehead atoms. The lowest BCUT2D eigenvalue weighted by Gasteiger charge is -2.23. The van der Waals surface area contributed by atoms with Crippen molar-refractivity contribution in [1.29, 1.82) is 0 Å². The van der Waals surface area contributed by atoms with E-state index in [0.717, 1.165) is 28.9 Å². The van der Waals surface area contributed by atoms with E-state index in [1.807, 2.05) is 16.3 Å². The number of carbonyl (C=O) groups is 1. The molecule has 3 nitrogen and oxygen atoms in total. The summed E-state index contributed by atoms with van der Waals surface area (Å²) in [7, 11) is 0. The molecule has 18 heavy (non-hydrogen) atoms. The average molecular weight is 329 g/mol. The monoisotopic (exact) mass is 328 g/mol. The van der Waals surface area contributed by atoms with Crippen molar-refractivity contribution in [3.8, 4) is 0 Å². The van der Waals surface area contributed by atoms with Crippen LogP contribution in [-0.4, -0.2) is 47.9 Å². The lowest BCUT2D eigenvalue weighted by Crippen LogP contribution is -2.37. The number of carbonyl (C=O) groups excluding carboxylic acids is 1. The van der Waals surface area contributed by atoms with E-state index in [2.05, 4.69) is 20.8 Å². The molecule has 0 saturated carbocycles. The van der Waals surface area contributed by atoms with Crippen LogP contribution in [0.15, 0.2) is 15.2 Å². The van der Waals surface area contributed by atoms with E-state index >= 15 is 0 Å². The second-order valence-corrected chi connectivity index (χ2v) is 7.37. The summed E-state index contributed by atoms with van der Waals surface area (Å²) in [6.45, 7) is 4.26. The summed E-state index contributed by atoms with van der Waals surface area (Å²) < 4.78 is 1.03. The maximum Gasteiger partial charge on any atom is 0.254 e. The minimum absolute atomic E-state index is 0.193. The van der Waals surface area contributed by atoms with E-state index in [1.54, 1.807) is 11.3 Å². The molecule has 0 spiro atoms. The average Bonchev–Trinajstić information content (AvgIpc) is 3.09.